The van der Waals surface area contributed by atoms with E-state index in [0.717, 1.165) is 48.1 Å². The molecule has 0 spiro atoms. The van der Waals surface area contributed by atoms with Gasteiger partial charge in [-0.15, -0.1) is 0 Å². The van der Waals surface area contributed by atoms with Crippen LogP contribution < -0.4 is 5.56 Å². The maximum absolute atomic E-state index is 12.8. The van der Waals surface area contributed by atoms with Crippen LogP contribution in [0.2, 0.25) is 5.02 Å². The Bertz CT molecular complexity index is 1140. The van der Waals surface area contributed by atoms with Crippen molar-refractivity contribution in [3.8, 4) is 0 Å². The van der Waals surface area contributed by atoms with Gasteiger partial charge in [0.15, 0.2) is 0 Å². The number of aromatic amines is 1. The molecule has 0 bridgehead atoms. The van der Waals surface area contributed by atoms with Crippen LogP contribution in [-0.4, -0.2) is 53.2 Å². The van der Waals surface area contributed by atoms with Gasteiger partial charge in [0.05, 0.1) is 13.2 Å². The lowest BCUT2D eigenvalue weighted by molar-refractivity contribution is -0.143. The minimum atomic E-state index is -0.245. The van der Waals surface area contributed by atoms with Crippen molar-refractivity contribution in [3.63, 3.8) is 0 Å². The van der Waals surface area contributed by atoms with E-state index in [-0.39, 0.29) is 48.7 Å². The minimum Gasteiger partial charge on any atom is -0.466 e. The summed E-state index contributed by atoms with van der Waals surface area (Å²) in [6.45, 7) is 3.33. The second-order valence-electron chi connectivity index (χ2n) is 9.88. The molecule has 1 saturated heterocycles. The molecular weight excluding hydrogens is 480 g/mol. The molecule has 1 aliphatic carbocycles. The predicted octanol–water partition coefficient (Wildman–Crippen LogP) is 4.15. The van der Waals surface area contributed by atoms with Crippen LogP contribution >= 0.6 is 11.6 Å². The number of hydrogen-bond donors (Lipinski definition) is 2. The van der Waals surface area contributed by atoms with Crippen LogP contribution in [0.5, 0.6) is 0 Å². The topological polar surface area (TPSA) is 99.7 Å². The first-order valence-corrected chi connectivity index (χ1v) is 13.3. The maximum Gasteiger partial charge on any atom is 0.306 e. The number of amides is 1. The van der Waals surface area contributed by atoms with E-state index >= 15 is 0 Å². The first kappa shape index (κ1) is 26.4. The van der Waals surface area contributed by atoms with Crippen molar-refractivity contribution in [1.29, 1.82) is 0 Å². The molecule has 2 aromatic rings. The Morgan fingerprint density at radius 2 is 2.00 bits per heavy atom. The van der Waals surface area contributed by atoms with Crippen LogP contribution in [0.3, 0.4) is 0 Å². The summed E-state index contributed by atoms with van der Waals surface area (Å²) in [6.07, 6.45) is 4.69. The first-order valence-electron chi connectivity index (χ1n) is 12.9. The summed E-state index contributed by atoms with van der Waals surface area (Å²) < 4.78 is 5.02. The van der Waals surface area contributed by atoms with Crippen LogP contribution in [0.1, 0.15) is 79.7 Å². The van der Waals surface area contributed by atoms with Gasteiger partial charge < -0.3 is 19.7 Å². The third-order valence-electron chi connectivity index (χ3n) is 7.27. The summed E-state index contributed by atoms with van der Waals surface area (Å²) in [7, 11) is 0. The molecule has 0 radical (unpaired) electrons. The zero-order valence-electron chi connectivity index (χ0n) is 20.8. The van der Waals surface area contributed by atoms with E-state index < -0.39 is 0 Å². The molecule has 1 aromatic heterocycles. The number of benzene rings is 1. The Hall–Kier alpha value is -2.64. The van der Waals surface area contributed by atoms with Crippen molar-refractivity contribution in [2.75, 3.05) is 26.3 Å². The van der Waals surface area contributed by atoms with Gasteiger partial charge in [-0.3, -0.25) is 14.4 Å². The number of hydrogen-bond acceptors (Lipinski definition) is 5. The SMILES string of the molecule is CCOC(=O)CCc1ccc(C(C[C@H]2CCN(C(=O)CCO)C2)c2ccc(C3CC3)c(=O)[nH]2)cc1Cl. The number of nitrogens with one attached hydrogen (secondary N) is 1. The van der Waals surface area contributed by atoms with Crippen molar-refractivity contribution >= 4 is 23.5 Å². The number of rotatable bonds is 11. The van der Waals surface area contributed by atoms with Crippen molar-refractivity contribution in [2.45, 2.75) is 63.7 Å². The fraction of sp³-hybridized carbons (Fsp3) is 0.536. The minimum absolute atomic E-state index is 0.0206. The van der Waals surface area contributed by atoms with Gasteiger partial charge in [0, 0.05) is 48.1 Å². The van der Waals surface area contributed by atoms with Gasteiger partial charge in [0.1, 0.15) is 0 Å². The number of aromatic nitrogens is 1. The molecule has 1 unspecified atom stereocenters. The lowest BCUT2D eigenvalue weighted by Crippen LogP contribution is -2.29. The van der Waals surface area contributed by atoms with E-state index in [1.807, 2.05) is 35.2 Å². The predicted molar refractivity (Wildman–Crippen MR) is 138 cm³/mol. The number of nitrogens with zero attached hydrogens (tertiary/aromatic N) is 1. The number of halogens is 1. The molecule has 2 heterocycles. The molecule has 194 valence electrons. The molecule has 2 N–H and O–H groups in total. The fourth-order valence-corrected chi connectivity index (χ4v) is 5.44. The van der Waals surface area contributed by atoms with Crippen LogP contribution in [0, 0.1) is 5.92 Å². The van der Waals surface area contributed by atoms with Gasteiger partial charge in [-0.05, 0) is 74.1 Å². The molecule has 2 fully saturated rings. The number of aryl methyl sites for hydroxylation is 1. The van der Waals surface area contributed by atoms with Crippen molar-refractivity contribution in [3.05, 3.63) is 68.1 Å². The average Bonchev–Trinajstić information content (AvgIpc) is 3.58. The number of carbonyl (C=O) groups excluding carboxylic acids is 2. The molecule has 1 aromatic carbocycles. The smallest absolute Gasteiger partial charge is 0.306 e. The van der Waals surface area contributed by atoms with Crippen LogP contribution in [0.4, 0.5) is 0 Å². The number of pyridine rings is 1. The Morgan fingerprint density at radius 1 is 1.19 bits per heavy atom. The zero-order valence-corrected chi connectivity index (χ0v) is 21.6. The largest absolute Gasteiger partial charge is 0.466 e. The zero-order chi connectivity index (χ0) is 25.7. The monoisotopic (exact) mass is 514 g/mol. The van der Waals surface area contributed by atoms with E-state index in [0.29, 0.717) is 37.1 Å². The third kappa shape index (κ3) is 6.56. The highest BCUT2D eigenvalue weighted by molar-refractivity contribution is 6.31. The highest BCUT2D eigenvalue weighted by Crippen LogP contribution is 2.39. The highest BCUT2D eigenvalue weighted by atomic mass is 35.5. The first-order chi connectivity index (χ1) is 17.4. The molecular formula is C28H35ClN2O5. The summed E-state index contributed by atoms with van der Waals surface area (Å²) in [5.74, 6) is 0.292. The second-order valence-corrected chi connectivity index (χ2v) is 10.3. The molecule has 2 aliphatic rings. The van der Waals surface area contributed by atoms with Crippen molar-refractivity contribution in [1.82, 2.24) is 9.88 Å². The van der Waals surface area contributed by atoms with E-state index in [2.05, 4.69) is 4.98 Å². The Balaban J connectivity index is 1.56. The van der Waals surface area contributed by atoms with Crippen LogP contribution in [-0.2, 0) is 20.7 Å². The van der Waals surface area contributed by atoms with Gasteiger partial charge in [-0.25, -0.2) is 0 Å². The van der Waals surface area contributed by atoms with Crippen molar-refractivity contribution in [2.24, 2.45) is 5.92 Å². The Morgan fingerprint density at radius 3 is 2.67 bits per heavy atom. The molecule has 4 rings (SSSR count). The van der Waals surface area contributed by atoms with E-state index in [4.69, 9.17) is 21.4 Å². The maximum atomic E-state index is 12.8. The second kappa shape index (κ2) is 12.1. The number of ether oxygens (including phenoxy) is 1. The summed E-state index contributed by atoms with van der Waals surface area (Å²) in [4.78, 5) is 41.8. The molecule has 8 heteroatoms. The standard InChI is InChI=1S/C28H35ClN2O5/c1-2-36-27(34)10-7-20-5-6-21(16-24(20)29)23(15-18-11-13-31(17-18)26(33)12-14-32)25-9-8-22(19-3-4-19)28(35)30-25/h5-6,8-9,16,18-19,23,32H,2-4,7,10-15,17H2,1H3,(H,30,35)/t18-,23?/m1/s1. The number of aliphatic hydroxyl groups is 1. The van der Waals surface area contributed by atoms with E-state index in [9.17, 15) is 14.4 Å². The summed E-state index contributed by atoms with van der Waals surface area (Å²) in [6, 6.07) is 9.88. The fourth-order valence-electron chi connectivity index (χ4n) is 5.15. The molecule has 36 heavy (non-hydrogen) atoms. The Labute approximate surface area is 216 Å². The normalized spacial score (nSPS) is 18.3. The lowest BCUT2D eigenvalue weighted by Gasteiger charge is -2.23. The van der Waals surface area contributed by atoms with Crippen LogP contribution in [0.15, 0.2) is 35.1 Å². The Kier molecular flexibility index (Phi) is 8.86. The third-order valence-corrected chi connectivity index (χ3v) is 7.62. The summed E-state index contributed by atoms with van der Waals surface area (Å²) in [5, 5.41) is 9.71. The molecule has 1 amide bonds. The quantitative estimate of drug-likeness (QED) is 0.439. The molecule has 2 atom stereocenters. The number of carbonyl (C=O) groups is 2. The van der Waals surface area contributed by atoms with E-state index in [1.54, 1.807) is 6.92 Å². The van der Waals surface area contributed by atoms with Crippen molar-refractivity contribution < 1.29 is 19.4 Å². The molecule has 1 aliphatic heterocycles. The van der Waals surface area contributed by atoms with Gasteiger partial charge in [0.2, 0.25) is 5.91 Å². The summed E-state index contributed by atoms with van der Waals surface area (Å²) in [5.41, 5.74) is 3.55. The van der Waals surface area contributed by atoms with Crippen LogP contribution in [0.25, 0.3) is 0 Å². The van der Waals surface area contributed by atoms with Gasteiger partial charge in [0.25, 0.3) is 5.56 Å². The average molecular weight is 515 g/mol. The number of aliphatic hydroxyl groups excluding tert-OH is 1. The molecule has 1 saturated carbocycles. The molecule has 7 nitrogen and oxygen atoms in total. The van der Waals surface area contributed by atoms with E-state index in [1.165, 1.54) is 0 Å². The lowest BCUT2D eigenvalue weighted by atomic mass is 9.85. The van der Waals surface area contributed by atoms with Gasteiger partial charge in [-0.2, -0.15) is 0 Å². The van der Waals surface area contributed by atoms with Gasteiger partial charge in [-0.1, -0.05) is 29.8 Å². The number of esters is 1. The summed E-state index contributed by atoms with van der Waals surface area (Å²) >= 11 is 6.64. The van der Waals surface area contributed by atoms with Gasteiger partial charge >= 0.3 is 5.97 Å². The number of likely N-dealkylation sites (tertiary alicyclic amines) is 1. The highest BCUT2D eigenvalue weighted by Gasteiger charge is 2.31. The number of H-pyrrole nitrogens is 1.